The van der Waals surface area contributed by atoms with Crippen molar-refractivity contribution in [2.24, 2.45) is 0 Å². The van der Waals surface area contributed by atoms with Gasteiger partial charge in [0, 0.05) is 18.4 Å². The lowest BCUT2D eigenvalue weighted by Gasteiger charge is -2.16. The molecule has 0 fully saturated rings. The minimum atomic E-state index is -0.346. The number of amides is 1. The molecular weight excluding hydrogens is 230 g/mol. The van der Waals surface area contributed by atoms with Crippen LogP contribution in [-0.2, 0) is 4.79 Å². The molecule has 0 aliphatic carbocycles. The highest BCUT2D eigenvalue weighted by molar-refractivity contribution is 5.85. The number of rotatable bonds is 4. The summed E-state index contributed by atoms with van der Waals surface area (Å²) in [7, 11) is 0. The predicted octanol–water partition coefficient (Wildman–Crippen LogP) is 1.05. The molecule has 0 aromatic carbocycles. The summed E-state index contributed by atoms with van der Waals surface area (Å²) in [5.74, 6) is 0.606. The maximum atomic E-state index is 11.8. The fourth-order valence-corrected chi connectivity index (χ4v) is 1.65. The van der Waals surface area contributed by atoms with Gasteiger partial charge in [-0.05, 0) is 26.8 Å². The molecular formula is C12H17N5O. The second-order valence-corrected chi connectivity index (χ2v) is 4.47. The number of carbonyl (C=O) groups is 1. The van der Waals surface area contributed by atoms with Crippen LogP contribution in [0.2, 0.25) is 0 Å². The highest BCUT2D eigenvalue weighted by atomic mass is 16.2. The summed E-state index contributed by atoms with van der Waals surface area (Å²) < 4.78 is 1.71. The van der Waals surface area contributed by atoms with Crippen LogP contribution in [0, 0.1) is 0 Å². The van der Waals surface area contributed by atoms with Crippen LogP contribution in [-0.4, -0.2) is 32.6 Å². The second kappa shape index (κ2) is 5.03. The molecule has 6 nitrogen and oxygen atoms in total. The minimum absolute atomic E-state index is 0.0479. The van der Waals surface area contributed by atoms with E-state index >= 15 is 0 Å². The van der Waals surface area contributed by atoms with Crippen molar-refractivity contribution < 1.29 is 4.79 Å². The van der Waals surface area contributed by atoms with E-state index in [1.54, 1.807) is 30.0 Å². The van der Waals surface area contributed by atoms with Crippen LogP contribution in [0.1, 0.15) is 20.8 Å². The first kappa shape index (κ1) is 12.3. The average molecular weight is 247 g/mol. The molecule has 6 heteroatoms. The number of nitrogens with one attached hydrogen (secondary N) is 2. The molecule has 2 aromatic heterocycles. The van der Waals surface area contributed by atoms with Crippen LogP contribution in [0.25, 0.3) is 5.52 Å². The third kappa shape index (κ3) is 2.58. The monoisotopic (exact) mass is 247 g/mol. The molecule has 0 saturated carbocycles. The number of nitrogens with zero attached hydrogens (tertiary/aromatic N) is 3. The Kier molecular flexibility index (Phi) is 3.45. The van der Waals surface area contributed by atoms with E-state index in [9.17, 15) is 4.79 Å². The van der Waals surface area contributed by atoms with Crippen molar-refractivity contribution in [1.29, 1.82) is 0 Å². The summed E-state index contributed by atoms with van der Waals surface area (Å²) >= 11 is 0. The van der Waals surface area contributed by atoms with Gasteiger partial charge in [-0.25, -0.2) is 9.50 Å². The van der Waals surface area contributed by atoms with E-state index in [0.29, 0.717) is 5.82 Å². The van der Waals surface area contributed by atoms with Gasteiger partial charge in [0.1, 0.15) is 11.6 Å². The van der Waals surface area contributed by atoms with Gasteiger partial charge in [-0.3, -0.25) is 4.79 Å². The molecule has 2 rings (SSSR count). The van der Waals surface area contributed by atoms with E-state index in [1.165, 1.54) is 0 Å². The van der Waals surface area contributed by atoms with E-state index in [4.69, 9.17) is 0 Å². The van der Waals surface area contributed by atoms with E-state index in [-0.39, 0.29) is 18.0 Å². The van der Waals surface area contributed by atoms with Gasteiger partial charge in [-0.2, -0.15) is 5.10 Å². The fourth-order valence-electron chi connectivity index (χ4n) is 1.65. The molecule has 0 saturated heterocycles. The molecule has 18 heavy (non-hydrogen) atoms. The predicted molar refractivity (Wildman–Crippen MR) is 69.4 cm³/mol. The lowest BCUT2D eigenvalue weighted by Crippen LogP contribution is -2.41. The molecule has 2 N–H and O–H groups in total. The number of aromatic nitrogens is 3. The third-order valence-electron chi connectivity index (χ3n) is 2.50. The van der Waals surface area contributed by atoms with Crippen molar-refractivity contribution in [1.82, 2.24) is 19.9 Å². The highest BCUT2D eigenvalue weighted by Crippen LogP contribution is 2.13. The zero-order valence-corrected chi connectivity index (χ0v) is 10.7. The summed E-state index contributed by atoms with van der Waals surface area (Å²) in [6.45, 7) is 5.67. The Hall–Kier alpha value is -2.11. The van der Waals surface area contributed by atoms with Gasteiger partial charge < -0.3 is 10.6 Å². The van der Waals surface area contributed by atoms with E-state index in [1.807, 2.05) is 19.9 Å². The van der Waals surface area contributed by atoms with Crippen LogP contribution >= 0.6 is 0 Å². The number of hydrogen-bond donors (Lipinski definition) is 2. The highest BCUT2D eigenvalue weighted by Gasteiger charge is 2.15. The SMILES string of the molecule is CC(C)NC(=O)C(C)Nc1nccn2nccc12. The minimum Gasteiger partial charge on any atom is -0.357 e. The molecule has 1 atom stereocenters. The van der Waals surface area contributed by atoms with Crippen molar-refractivity contribution in [3.8, 4) is 0 Å². The number of fused-ring (bicyclic) bond motifs is 1. The third-order valence-corrected chi connectivity index (χ3v) is 2.50. The van der Waals surface area contributed by atoms with Gasteiger partial charge in [0.25, 0.3) is 0 Å². The van der Waals surface area contributed by atoms with Gasteiger partial charge in [-0.15, -0.1) is 0 Å². The quantitative estimate of drug-likeness (QED) is 0.847. The molecule has 2 heterocycles. The van der Waals surface area contributed by atoms with Gasteiger partial charge in [0.15, 0.2) is 5.82 Å². The average Bonchev–Trinajstić information content (AvgIpc) is 2.77. The van der Waals surface area contributed by atoms with Gasteiger partial charge >= 0.3 is 0 Å². The summed E-state index contributed by atoms with van der Waals surface area (Å²) in [4.78, 5) is 16.0. The van der Waals surface area contributed by atoms with Gasteiger partial charge in [0.2, 0.25) is 5.91 Å². The Labute approximate surface area is 105 Å². The Morgan fingerprint density at radius 2 is 2.11 bits per heavy atom. The smallest absolute Gasteiger partial charge is 0.242 e. The van der Waals surface area contributed by atoms with Gasteiger partial charge in [-0.1, -0.05) is 0 Å². The maximum Gasteiger partial charge on any atom is 0.242 e. The molecule has 1 amide bonds. The van der Waals surface area contributed by atoms with Crippen LogP contribution in [0.15, 0.2) is 24.7 Å². The summed E-state index contributed by atoms with van der Waals surface area (Å²) in [6, 6.07) is 1.63. The summed E-state index contributed by atoms with van der Waals surface area (Å²) in [6.07, 6.45) is 5.11. The Bertz CT molecular complexity index is 548. The summed E-state index contributed by atoms with van der Waals surface area (Å²) in [5.41, 5.74) is 0.849. The molecule has 0 aliphatic heterocycles. The fraction of sp³-hybridized carbons (Fsp3) is 0.417. The lowest BCUT2D eigenvalue weighted by molar-refractivity contribution is -0.122. The first-order valence-corrected chi connectivity index (χ1v) is 5.93. The van der Waals surface area contributed by atoms with Crippen molar-refractivity contribution in [2.45, 2.75) is 32.9 Å². The molecule has 2 aromatic rings. The Balaban J connectivity index is 2.13. The van der Waals surface area contributed by atoms with Crippen LogP contribution in [0.5, 0.6) is 0 Å². The van der Waals surface area contributed by atoms with Crippen molar-refractivity contribution in [3.63, 3.8) is 0 Å². The van der Waals surface area contributed by atoms with Gasteiger partial charge in [0.05, 0.1) is 6.20 Å². The van der Waals surface area contributed by atoms with Crippen LogP contribution in [0.4, 0.5) is 5.82 Å². The number of anilines is 1. The largest absolute Gasteiger partial charge is 0.357 e. The van der Waals surface area contributed by atoms with Crippen LogP contribution in [0.3, 0.4) is 0 Å². The zero-order chi connectivity index (χ0) is 13.1. The maximum absolute atomic E-state index is 11.8. The number of carbonyl (C=O) groups excluding carboxylic acids is 1. The molecule has 0 radical (unpaired) electrons. The van der Waals surface area contributed by atoms with E-state index in [0.717, 1.165) is 5.52 Å². The van der Waals surface area contributed by atoms with Crippen molar-refractivity contribution in [2.75, 3.05) is 5.32 Å². The molecule has 1 unspecified atom stereocenters. The Morgan fingerprint density at radius 1 is 1.33 bits per heavy atom. The zero-order valence-electron chi connectivity index (χ0n) is 10.7. The first-order chi connectivity index (χ1) is 8.58. The molecule has 0 spiro atoms. The number of hydrogen-bond acceptors (Lipinski definition) is 4. The molecule has 96 valence electrons. The molecule has 0 bridgehead atoms. The topological polar surface area (TPSA) is 71.3 Å². The van der Waals surface area contributed by atoms with Crippen molar-refractivity contribution >= 4 is 17.2 Å². The Morgan fingerprint density at radius 3 is 2.83 bits per heavy atom. The second-order valence-electron chi connectivity index (χ2n) is 4.47. The van der Waals surface area contributed by atoms with Crippen molar-refractivity contribution in [3.05, 3.63) is 24.7 Å². The van der Waals surface area contributed by atoms with E-state index < -0.39 is 0 Å². The summed E-state index contributed by atoms with van der Waals surface area (Å²) in [5, 5.41) is 10.1. The van der Waals surface area contributed by atoms with E-state index in [2.05, 4.69) is 20.7 Å². The standard InChI is InChI=1S/C12H17N5O/c1-8(2)15-12(18)9(3)16-11-10-4-5-14-17(10)7-6-13-11/h4-9H,1-3H3,(H,13,16)(H,15,18). The normalized spacial score (nSPS) is 12.7. The lowest BCUT2D eigenvalue weighted by atomic mass is 10.2. The molecule has 0 aliphatic rings. The first-order valence-electron chi connectivity index (χ1n) is 5.93. The van der Waals surface area contributed by atoms with Crippen LogP contribution < -0.4 is 10.6 Å².